The van der Waals surface area contributed by atoms with Gasteiger partial charge in [-0.2, -0.15) is 13.2 Å². The molecule has 2 amide bonds. The van der Waals surface area contributed by atoms with Crippen LogP contribution in [0.15, 0.2) is 0 Å². The summed E-state index contributed by atoms with van der Waals surface area (Å²) in [5.41, 5.74) is 0. The molecule has 5 rings (SSSR count). The molecule has 1 aliphatic heterocycles. The molecule has 12 heteroatoms. The van der Waals surface area contributed by atoms with Gasteiger partial charge in [0.1, 0.15) is 12.1 Å². The highest BCUT2D eigenvalue weighted by atomic mass is 32.2. The molecule has 4 saturated carbocycles. The fourth-order valence-electron chi connectivity index (χ4n) is 7.68. The Labute approximate surface area is 223 Å². The number of alkyl halides is 3. The second-order valence-electron chi connectivity index (χ2n) is 12.9. The Hall–Kier alpha value is -1.40. The second kappa shape index (κ2) is 10.5. The Bertz CT molecular complexity index is 981. The van der Waals surface area contributed by atoms with E-state index in [0.29, 0.717) is 43.4 Å². The van der Waals surface area contributed by atoms with Crippen molar-refractivity contribution in [1.29, 1.82) is 0 Å². The van der Waals surface area contributed by atoms with E-state index in [2.05, 4.69) is 10.0 Å². The van der Waals surface area contributed by atoms with Gasteiger partial charge in [-0.3, -0.25) is 9.59 Å². The number of aliphatic hydroxyl groups excluding tert-OH is 1. The normalized spacial score (nSPS) is 33.6. The van der Waals surface area contributed by atoms with E-state index in [4.69, 9.17) is 0 Å². The number of carbonyl (C=O) groups is 2. The number of aliphatic hydroxyl groups is 1. The summed E-state index contributed by atoms with van der Waals surface area (Å²) in [5, 5.41) is 12.1. The molecule has 2 unspecified atom stereocenters. The number of carbonyl (C=O) groups excluding carboxylic acids is 2. The van der Waals surface area contributed by atoms with Crippen LogP contribution in [0.5, 0.6) is 0 Å². The maximum absolute atomic E-state index is 13.8. The number of likely N-dealkylation sites (tertiary alicyclic amines) is 1. The minimum Gasteiger partial charge on any atom is -0.382 e. The van der Waals surface area contributed by atoms with Gasteiger partial charge in [-0.25, -0.2) is 13.1 Å². The molecule has 5 aliphatic rings. The van der Waals surface area contributed by atoms with E-state index in [0.717, 1.165) is 19.3 Å². The fraction of sp³-hybridized carbons (Fsp3) is 0.923. The third-order valence-electron chi connectivity index (χ3n) is 9.31. The monoisotopic (exact) mass is 565 g/mol. The molecular weight excluding hydrogens is 523 g/mol. The highest BCUT2D eigenvalue weighted by molar-refractivity contribution is 7.91. The van der Waals surface area contributed by atoms with Gasteiger partial charge in [0, 0.05) is 6.54 Å². The lowest BCUT2D eigenvalue weighted by Gasteiger charge is -2.56. The van der Waals surface area contributed by atoms with Crippen LogP contribution in [-0.2, 0) is 19.6 Å². The van der Waals surface area contributed by atoms with E-state index >= 15 is 0 Å². The van der Waals surface area contributed by atoms with Crippen LogP contribution < -0.4 is 10.0 Å². The Balaban J connectivity index is 1.50. The van der Waals surface area contributed by atoms with Crippen LogP contribution >= 0.6 is 0 Å². The molecule has 218 valence electrons. The van der Waals surface area contributed by atoms with E-state index < -0.39 is 68.8 Å². The minimum absolute atomic E-state index is 0.202. The summed E-state index contributed by atoms with van der Waals surface area (Å²) in [5.74, 6) is -1.22. The molecule has 0 aromatic heterocycles. The van der Waals surface area contributed by atoms with Gasteiger partial charge in [-0.1, -0.05) is 27.7 Å². The van der Waals surface area contributed by atoms with Crippen molar-refractivity contribution in [3.63, 3.8) is 0 Å². The van der Waals surface area contributed by atoms with Crippen LogP contribution in [0, 0.1) is 29.6 Å². The maximum Gasteiger partial charge on any atom is 0.416 e. The molecule has 4 atom stereocenters. The fourth-order valence-corrected chi connectivity index (χ4v) is 10.0. The number of halogens is 3. The topological polar surface area (TPSA) is 116 Å². The van der Waals surface area contributed by atoms with Crippen molar-refractivity contribution < 1.29 is 36.3 Å². The molecule has 0 aromatic rings. The Morgan fingerprint density at radius 3 is 1.95 bits per heavy atom. The smallest absolute Gasteiger partial charge is 0.382 e. The van der Waals surface area contributed by atoms with E-state index in [1.165, 1.54) is 18.7 Å². The van der Waals surface area contributed by atoms with Crippen molar-refractivity contribution in [1.82, 2.24) is 14.9 Å². The third kappa shape index (κ3) is 5.59. The lowest BCUT2D eigenvalue weighted by molar-refractivity contribution is -0.215. The average molecular weight is 566 g/mol. The summed E-state index contributed by atoms with van der Waals surface area (Å²) in [4.78, 5) is 28.1. The van der Waals surface area contributed by atoms with E-state index in [1.54, 1.807) is 13.8 Å². The number of amides is 2. The average Bonchev–Trinajstić information content (AvgIpc) is 3.28. The van der Waals surface area contributed by atoms with Crippen molar-refractivity contribution in [2.45, 2.75) is 114 Å². The molecule has 3 N–H and O–H groups in total. The molecule has 0 aromatic carbocycles. The van der Waals surface area contributed by atoms with Crippen molar-refractivity contribution in [3.8, 4) is 0 Å². The highest BCUT2D eigenvalue weighted by Gasteiger charge is 2.58. The molecule has 1 saturated heterocycles. The molecule has 8 nitrogen and oxygen atoms in total. The molecular formula is C26H42F3N3O5S. The quantitative estimate of drug-likeness (QED) is 0.398. The molecule has 38 heavy (non-hydrogen) atoms. The van der Waals surface area contributed by atoms with Gasteiger partial charge in [0.05, 0.1) is 10.8 Å². The Morgan fingerprint density at radius 1 is 0.974 bits per heavy atom. The van der Waals surface area contributed by atoms with E-state index in [-0.39, 0.29) is 13.0 Å². The van der Waals surface area contributed by atoms with Crippen LogP contribution in [-0.4, -0.2) is 71.9 Å². The molecule has 1 heterocycles. The van der Waals surface area contributed by atoms with Crippen LogP contribution in [0.4, 0.5) is 13.2 Å². The van der Waals surface area contributed by atoms with Crippen molar-refractivity contribution in [2.24, 2.45) is 29.6 Å². The lowest BCUT2D eigenvalue weighted by Crippen LogP contribution is -2.62. The predicted octanol–water partition coefficient (Wildman–Crippen LogP) is 2.95. The van der Waals surface area contributed by atoms with Gasteiger partial charge in [-0.05, 0) is 81.0 Å². The number of rotatable bonds is 9. The summed E-state index contributed by atoms with van der Waals surface area (Å²) in [6, 6.07) is -3.69. The summed E-state index contributed by atoms with van der Waals surface area (Å²) in [7, 11) is -3.85. The summed E-state index contributed by atoms with van der Waals surface area (Å²) >= 11 is 0. The summed E-state index contributed by atoms with van der Waals surface area (Å²) in [6.07, 6.45) is -1.88. The molecule has 4 bridgehead atoms. The van der Waals surface area contributed by atoms with E-state index in [9.17, 15) is 36.3 Å². The van der Waals surface area contributed by atoms with Gasteiger partial charge >= 0.3 is 6.18 Å². The zero-order valence-corrected chi connectivity index (χ0v) is 23.4. The zero-order valence-electron chi connectivity index (χ0n) is 22.6. The largest absolute Gasteiger partial charge is 0.416 e. The van der Waals surface area contributed by atoms with Crippen molar-refractivity contribution in [3.05, 3.63) is 0 Å². The second-order valence-corrected chi connectivity index (χ2v) is 15.0. The number of hydrogen-bond acceptors (Lipinski definition) is 5. The number of nitrogens with zero attached hydrogens (tertiary/aromatic N) is 1. The maximum atomic E-state index is 13.8. The van der Waals surface area contributed by atoms with Crippen LogP contribution in [0.2, 0.25) is 0 Å². The molecule has 0 spiro atoms. The SMILES string of the molecule is CC(C)C(NC(=O)[C@@H]1CCCN1C(=O)[C@@H](NS(=O)(=O)C12CC3CC(CC(C3)C1)C2)C(C)C)C(O)C(F)(F)F. The predicted molar refractivity (Wildman–Crippen MR) is 135 cm³/mol. The van der Waals surface area contributed by atoms with Gasteiger partial charge in [-0.15, -0.1) is 0 Å². The molecule has 4 aliphatic carbocycles. The first kappa shape index (κ1) is 29.6. The molecule has 5 fully saturated rings. The van der Waals surface area contributed by atoms with Crippen molar-refractivity contribution in [2.75, 3.05) is 6.54 Å². The highest BCUT2D eigenvalue weighted by Crippen LogP contribution is 2.58. The number of sulfonamides is 1. The van der Waals surface area contributed by atoms with E-state index in [1.807, 2.05) is 0 Å². The van der Waals surface area contributed by atoms with Gasteiger partial charge in [0.25, 0.3) is 0 Å². The van der Waals surface area contributed by atoms with Crippen LogP contribution in [0.3, 0.4) is 0 Å². The first-order valence-corrected chi connectivity index (χ1v) is 15.4. The summed E-state index contributed by atoms with van der Waals surface area (Å²) in [6.45, 7) is 6.61. The Morgan fingerprint density at radius 2 is 1.50 bits per heavy atom. The Kier molecular flexibility index (Phi) is 8.20. The minimum atomic E-state index is -4.91. The van der Waals surface area contributed by atoms with Gasteiger partial charge in [0.2, 0.25) is 21.8 Å². The van der Waals surface area contributed by atoms with Crippen LogP contribution in [0.1, 0.15) is 79.1 Å². The number of nitrogens with one attached hydrogen (secondary N) is 2. The lowest BCUT2D eigenvalue weighted by atomic mass is 9.56. The first-order chi connectivity index (χ1) is 17.5. The van der Waals surface area contributed by atoms with Crippen LogP contribution in [0.25, 0.3) is 0 Å². The summed E-state index contributed by atoms with van der Waals surface area (Å²) < 4.78 is 69.1. The number of hydrogen-bond donors (Lipinski definition) is 3. The van der Waals surface area contributed by atoms with Gasteiger partial charge < -0.3 is 15.3 Å². The molecule has 0 radical (unpaired) electrons. The standard InChI is InChI=1S/C26H42F3N3O5S/c1-14(2)20(22(33)26(27,28)29)30-23(34)19-6-5-7-32(19)24(35)21(15(3)4)31-38(36,37)25-11-16-8-17(12-25)10-18(9-16)13-25/h14-22,31,33H,5-13H2,1-4H3,(H,30,34)/t16?,17?,18?,19-,20?,21-,22?,25?/m0/s1. The third-order valence-corrected chi connectivity index (χ3v) is 11.5. The first-order valence-electron chi connectivity index (χ1n) is 13.9. The zero-order chi connectivity index (χ0) is 28.2. The van der Waals surface area contributed by atoms with Gasteiger partial charge in [0.15, 0.2) is 6.10 Å². The van der Waals surface area contributed by atoms with Crippen molar-refractivity contribution >= 4 is 21.8 Å².